The quantitative estimate of drug-likeness (QED) is 0.451. The molecule has 0 heterocycles. The summed E-state index contributed by atoms with van der Waals surface area (Å²) < 4.78 is 11.5. The minimum absolute atomic E-state index is 0.0185. The van der Waals surface area contributed by atoms with Gasteiger partial charge in [0.2, 0.25) is 0 Å². The number of para-hydroxylation sites is 1. The molecule has 6 heteroatoms. The smallest absolute Gasteiger partial charge is 0.176 e. The van der Waals surface area contributed by atoms with Gasteiger partial charge in [-0.1, -0.05) is 18.2 Å². The van der Waals surface area contributed by atoms with Crippen LogP contribution >= 0.6 is 22.6 Å². The number of nitrogens with zero attached hydrogens (tertiary/aromatic N) is 2. The number of nitrogens with one attached hydrogen (secondary N) is 1. The molecule has 1 N–H and O–H groups in total. The van der Waals surface area contributed by atoms with Crippen LogP contribution in [0.2, 0.25) is 0 Å². The maximum Gasteiger partial charge on any atom is 0.176 e. The van der Waals surface area contributed by atoms with E-state index in [1.165, 1.54) is 0 Å². The Kier molecular flexibility index (Phi) is 6.03. The van der Waals surface area contributed by atoms with Gasteiger partial charge < -0.3 is 9.47 Å². The van der Waals surface area contributed by atoms with Crippen LogP contribution in [-0.4, -0.2) is 19.9 Å². The van der Waals surface area contributed by atoms with Crippen LogP contribution in [0, 0.1) is 14.9 Å². The Morgan fingerprint density at radius 2 is 2.09 bits per heavy atom. The predicted octanol–water partition coefficient (Wildman–Crippen LogP) is 3.65. The lowest BCUT2D eigenvalue weighted by molar-refractivity contribution is 0.327. The number of halogens is 1. The number of rotatable bonds is 6. The molecule has 0 spiro atoms. The van der Waals surface area contributed by atoms with E-state index in [-0.39, 0.29) is 6.61 Å². The first kappa shape index (κ1) is 16.1. The highest BCUT2D eigenvalue weighted by Crippen LogP contribution is 2.33. The number of benzene rings is 2. The van der Waals surface area contributed by atoms with Gasteiger partial charge in [-0.25, -0.2) is 0 Å². The minimum Gasteiger partial charge on any atom is -0.493 e. The summed E-state index contributed by atoms with van der Waals surface area (Å²) in [5.41, 5.74) is 4.73. The van der Waals surface area contributed by atoms with Gasteiger partial charge >= 0.3 is 0 Å². The van der Waals surface area contributed by atoms with Crippen molar-refractivity contribution >= 4 is 34.5 Å². The number of hydrogen-bond donors (Lipinski definition) is 1. The topological polar surface area (TPSA) is 66.6 Å². The molecule has 0 amide bonds. The van der Waals surface area contributed by atoms with Gasteiger partial charge in [0.1, 0.15) is 6.07 Å². The van der Waals surface area contributed by atoms with Gasteiger partial charge in [-0.3, -0.25) is 5.43 Å². The lowest BCUT2D eigenvalue weighted by atomic mass is 10.2. The standard InChI is InChI=1S/C16H14IN3O2/c1-21-15-10-12(9-14(17)16(15)22-8-7-18)11-19-20-13-5-3-2-4-6-13/h2-6,9-11,20H,8H2,1H3/b19-11+. The number of anilines is 1. The summed E-state index contributed by atoms with van der Waals surface area (Å²) >= 11 is 2.14. The normalized spacial score (nSPS) is 10.2. The number of nitriles is 1. The number of hydrazone groups is 1. The highest BCUT2D eigenvalue weighted by atomic mass is 127. The third kappa shape index (κ3) is 4.36. The molecule has 0 atom stereocenters. The molecule has 0 bridgehead atoms. The molecule has 0 saturated heterocycles. The van der Waals surface area contributed by atoms with Crippen LogP contribution in [0.1, 0.15) is 5.56 Å². The van der Waals surface area contributed by atoms with Gasteiger partial charge in [0.25, 0.3) is 0 Å². The second-order valence-electron chi connectivity index (χ2n) is 4.22. The van der Waals surface area contributed by atoms with E-state index in [1.54, 1.807) is 13.3 Å². The summed E-state index contributed by atoms with van der Waals surface area (Å²) in [5, 5.41) is 12.8. The van der Waals surface area contributed by atoms with E-state index < -0.39 is 0 Å². The molecule has 0 radical (unpaired) electrons. The molecule has 0 aliphatic carbocycles. The molecule has 0 aliphatic heterocycles. The van der Waals surface area contributed by atoms with Gasteiger partial charge in [-0.05, 0) is 52.4 Å². The van der Waals surface area contributed by atoms with Crippen molar-refractivity contribution in [1.82, 2.24) is 0 Å². The molecular weight excluding hydrogens is 393 g/mol. The summed E-state index contributed by atoms with van der Waals surface area (Å²) in [6.45, 7) is -0.0185. The van der Waals surface area contributed by atoms with Crippen molar-refractivity contribution in [2.45, 2.75) is 0 Å². The fraction of sp³-hybridized carbons (Fsp3) is 0.125. The van der Waals surface area contributed by atoms with Crippen LogP contribution in [0.15, 0.2) is 47.6 Å². The van der Waals surface area contributed by atoms with Crippen molar-refractivity contribution < 1.29 is 9.47 Å². The lowest BCUT2D eigenvalue weighted by Crippen LogP contribution is -2.00. The molecule has 2 aromatic carbocycles. The molecular formula is C16H14IN3O2. The van der Waals surface area contributed by atoms with Crippen molar-refractivity contribution in [3.05, 3.63) is 51.6 Å². The van der Waals surface area contributed by atoms with Crippen LogP contribution < -0.4 is 14.9 Å². The highest BCUT2D eigenvalue weighted by Gasteiger charge is 2.10. The van der Waals surface area contributed by atoms with E-state index in [9.17, 15) is 0 Å². The second kappa shape index (κ2) is 8.24. The average Bonchev–Trinajstić information content (AvgIpc) is 2.54. The SMILES string of the molecule is COc1cc(/C=N/Nc2ccccc2)cc(I)c1OCC#N. The Labute approximate surface area is 142 Å². The molecule has 0 fully saturated rings. The van der Waals surface area contributed by atoms with Crippen molar-refractivity contribution in [2.75, 3.05) is 19.1 Å². The van der Waals surface area contributed by atoms with Gasteiger partial charge in [0, 0.05) is 0 Å². The zero-order chi connectivity index (χ0) is 15.8. The first-order valence-corrected chi connectivity index (χ1v) is 7.54. The van der Waals surface area contributed by atoms with Gasteiger partial charge in [0.05, 0.1) is 22.6 Å². The lowest BCUT2D eigenvalue weighted by Gasteiger charge is -2.11. The molecule has 0 unspecified atom stereocenters. The molecule has 22 heavy (non-hydrogen) atoms. The first-order chi connectivity index (χ1) is 10.7. The predicted molar refractivity (Wildman–Crippen MR) is 94.5 cm³/mol. The van der Waals surface area contributed by atoms with E-state index in [2.05, 4.69) is 33.1 Å². The monoisotopic (exact) mass is 407 g/mol. The van der Waals surface area contributed by atoms with Crippen molar-refractivity contribution in [2.24, 2.45) is 5.10 Å². The molecule has 2 rings (SSSR count). The molecule has 5 nitrogen and oxygen atoms in total. The summed E-state index contributed by atoms with van der Waals surface area (Å²) in [6, 6.07) is 15.3. The Morgan fingerprint density at radius 3 is 2.77 bits per heavy atom. The van der Waals surface area contributed by atoms with Crippen LogP contribution in [0.4, 0.5) is 5.69 Å². The fourth-order valence-corrected chi connectivity index (χ4v) is 2.53. The fourth-order valence-electron chi connectivity index (χ4n) is 1.75. The molecule has 2 aromatic rings. The van der Waals surface area contributed by atoms with E-state index >= 15 is 0 Å². The molecule has 0 saturated carbocycles. The van der Waals surface area contributed by atoms with Crippen LogP contribution in [-0.2, 0) is 0 Å². The summed E-state index contributed by atoms with van der Waals surface area (Å²) in [4.78, 5) is 0. The van der Waals surface area contributed by atoms with Gasteiger partial charge in [-0.15, -0.1) is 0 Å². The van der Waals surface area contributed by atoms with Gasteiger partial charge in [-0.2, -0.15) is 10.4 Å². The summed E-state index contributed by atoms with van der Waals surface area (Å²) in [7, 11) is 1.56. The average molecular weight is 407 g/mol. The molecule has 112 valence electrons. The largest absolute Gasteiger partial charge is 0.493 e. The van der Waals surface area contributed by atoms with Crippen molar-refractivity contribution in [3.8, 4) is 17.6 Å². The zero-order valence-electron chi connectivity index (χ0n) is 11.9. The Bertz CT molecular complexity index is 697. The van der Waals surface area contributed by atoms with Crippen LogP contribution in [0.5, 0.6) is 11.5 Å². The summed E-state index contributed by atoms with van der Waals surface area (Å²) in [5.74, 6) is 1.14. The van der Waals surface area contributed by atoms with Gasteiger partial charge in [0.15, 0.2) is 18.1 Å². The van der Waals surface area contributed by atoms with Crippen molar-refractivity contribution in [3.63, 3.8) is 0 Å². The van der Waals surface area contributed by atoms with Crippen LogP contribution in [0.25, 0.3) is 0 Å². The van der Waals surface area contributed by atoms with Crippen molar-refractivity contribution in [1.29, 1.82) is 5.26 Å². The Balaban J connectivity index is 2.15. The van der Waals surface area contributed by atoms with E-state index in [0.29, 0.717) is 11.5 Å². The minimum atomic E-state index is -0.0185. The number of methoxy groups -OCH3 is 1. The number of hydrogen-bond acceptors (Lipinski definition) is 5. The third-order valence-electron chi connectivity index (χ3n) is 2.71. The molecule has 0 aromatic heterocycles. The maximum absolute atomic E-state index is 8.61. The summed E-state index contributed by atoms with van der Waals surface area (Å²) in [6.07, 6.45) is 1.70. The van der Waals surface area contributed by atoms with Crippen LogP contribution in [0.3, 0.4) is 0 Å². The zero-order valence-corrected chi connectivity index (χ0v) is 14.1. The molecule has 0 aliphatic rings. The van der Waals surface area contributed by atoms with E-state index in [0.717, 1.165) is 14.8 Å². The van der Waals surface area contributed by atoms with E-state index in [1.807, 2.05) is 48.5 Å². The Hall–Kier alpha value is -2.27. The number of ether oxygens (including phenoxy) is 2. The third-order valence-corrected chi connectivity index (χ3v) is 3.52. The Morgan fingerprint density at radius 1 is 1.32 bits per heavy atom. The second-order valence-corrected chi connectivity index (χ2v) is 5.38. The highest BCUT2D eigenvalue weighted by molar-refractivity contribution is 14.1. The maximum atomic E-state index is 8.61. The van der Waals surface area contributed by atoms with E-state index in [4.69, 9.17) is 14.7 Å². The first-order valence-electron chi connectivity index (χ1n) is 6.46.